The lowest BCUT2D eigenvalue weighted by atomic mass is 10.0. The fourth-order valence-corrected chi connectivity index (χ4v) is 10.7. The molecule has 0 bridgehead atoms. The van der Waals surface area contributed by atoms with Crippen LogP contribution in [0.25, 0.3) is 0 Å². The Labute approximate surface area is 510 Å². The number of rotatable bonds is 66. The van der Waals surface area contributed by atoms with Crippen LogP contribution in [0.5, 0.6) is 0 Å². The van der Waals surface area contributed by atoms with E-state index in [2.05, 4.69) is 87.6 Å². The summed E-state index contributed by atoms with van der Waals surface area (Å²) in [7, 11) is 0. The topological polar surface area (TPSA) is 78.9 Å². The minimum absolute atomic E-state index is 0.101. The maximum atomic E-state index is 12.9. The molecule has 476 valence electrons. The van der Waals surface area contributed by atoms with Crippen molar-refractivity contribution in [3.8, 4) is 0 Å². The second-order valence-corrected chi connectivity index (χ2v) is 24.1. The molecule has 1 atom stereocenters. The van der Waals surface area contributed by atoms with Crippen molar-refractivity contribution < 1.29 is 28.6 Å². The van der Waals surface area contributed by atoms with Crippen molar-refractivity contribution in [2.75, 3.05) is 13.2 Å². The molecule has 0 aliphatic carbocycles. The molecular formula is C76H136O6. The fraction of sp³-hybridized carbons (Fsp3) is 0.803. The van der Waals surface area contributed by atoms with Crippen LogP contribution in [0.2, 0.25) is 0 Å². The van der Waals surface area contributed by atoms with Gasteiger partial charge in [-0.05, 0) is 57.8 Å². The Kier molecular flexibility index (Phi) is 67.6. The predicted octanol–water partition coefficient (Wildman–Crippen LogP) is 24.8. The SMILES string of the molecule is CC/C=C\C/C=C\C/C=C\C/C=C\C/C=C\C/C=C\CCC(=O)OC(COC(=O)CCCCCCCCCCCCCCC)COC(=O)CCCCCCCCCCCCCCCCCCCCCCCCCCCCCCCCCC. The molecule has 0 saturated heterocycles. The van der Waals surface area contributed by atoms with Crippen molar-refractivity contribution in [2.24, 2.45) is 0 Å². The largest absolute Gasteiger partial charge is 0.462 e. The van der Waals surface area contributed by atoms with Gasteiger partial charge < -0.3 is 14.2 Å². The highest BCUT2D eigenvalue weighted by atomic mass is 16.6. The zero-order valence-electron chi connectivity index (χ0n) is 54.8. The minimum Gasteiger partial charge on any atom is -0.462 e. The van der Waals surface area contributed by atoms with Gasteiger partial charge in [0.15, 0.2) is 6.10 Å². The van der Waals surface area contributed by atoms with Crippen molar-refractivity contribution in [2.45, 2.75) is 380 Å². The van der Waals surface area contributed by atoms with E-state index in [1.54, 1.807) is 0 Å². The third kappa shape index (κ3) is 67.6. The average molecular weight is 1150 g/mol. The van der Waals surface area contributed by atoms with Crippen LogP contribution in [0, 0.1) is 0 Å². The summed E-state index contributed by atoms with van der Waals surface area (Å²) in [6.45, 7) is 6.52. The highest BCUT2D eigenvalue weighted by Crippen LogP contribution is 2.19. The van der Waals surface area contributed by atoms with E-state index < -0.39 is 6.10 Å². The lowest BCUT2D eigenvalue weighted by Crippen LogP contribution is -2.30. The van der Waals surface area contributed by atoms with Crippen LogP contribution in [-0.2, 0) is 28.6 Å². The number of allylic oxidation sites excluding steroid dienone is 12. The van der Waals surface area contributed by atoms with E-state index in [4.69, 9.17) is 14.2 Å². The molecule has 0 rings (SSSR count). The summed E-state index contributed by atoms with van der Waals surface area (Å²) < 4.78 is 16.9. The molecule has 82 heavy (non-hydrogen) atoms. The molecule has 0 aromatic rings. The van der Waals surface area contributed by atoms with Crippen LogP contribution in [0.4, 0.5) is 0 Å². The minimum atomic E-state index is -0.814. The van der Waals surface area contributed by atoms with Gasteiger partial charge in [0.05, 0.1) is 0 Å². The summed E-state index contributed by atoms with van der Waals surface area (Å²) in [5.41, 5.74) is 0. The van der Waals surface area contributed by atoms with Crippen LogP contribution in [-0.4, -0.2) is 37.2 Å². The lowest BCUT2D eigenvalue weighted by Gasteiger charge is -2.18. The van der Waals surface area contributed by atoms with Crippen LogP contribution in [0.15, 0.2) is 72.9 Å². The molecule has 0 heterocycles. The van der Waals surface area contributed by atoms with Crippen molar-refractivity contribution in [1.82, 2.24) is 0 Å². The predicted molar refractivity (Wildman–Crippen MR) is 358 cm³/mol. The van der Waals surface area contributed by atoms with Crippen molar-refractivity contribution in [3.05, 3.63) is 72.9 Å². The monoisotopic (exact) mass is 1150 g/mol. The van der Waals surface area contributed by atoms with Gasteiger partial charge in [-0.1, -0.05) is 370 Å². The van der Waals surface area contributed by atoms with Crippen LogP contribution >= 0.6 is 0 Å². The van der Waals surface area contributed by atoms with E-state index >= 15 is 0 Å². The number of ether oxygens (including phenoxy) is 3. The van der Waals surface area contributed by atoms with Crippen molar-refractivity contribution in [1.29, 1.82) is 0 Å². The zero-order chi connectivity index (χ0) is 59.2. The Morgan fingerprint density at radius 2 is 0.476 bits per heavy atom. The first-order valence-electron chi connectivity index (χ1n) is 35.9. The van der Waals surface area contributed by atoms with Crippen molar-refractivity contribution in [3.63, 3.8) is 0 Å². The van der Waals surface area contributed by atoms with Crippen LogP contribution in [0.3, 0.4) is 0 Å². The highest BCUT2D eigenvalue weighted by Gasteiger charge is 2.19. The number of hydrogen-bond acceptors (Lipinski definition) is 6. The van der Waals surface area contributed by atoms with Crippen LogP contribution in [0.1, 0.15) is 374 Å². The quantitative estimate of drug-likeness (QED) is 0.0261. The summed E-state index contributed by atoms with van der Waals surface area (Å²) >= 11 is 0. The maximum absolute atomic E-state index is 12.9. The second-order valence-electron chi connectivity index (χ2n) is 24.1. The van der Waals surface area contributed by atoms with E-state index in [-0.39, 0.29) is 37.5 Å². The van der Waals surface area contributed by atoms with Crippen molar-refractivity contribution >= 4 is 17.9 Å². The first kappa shape index (κ1) is 78.8. The average Bonchev–Trinajstić information content (AvgIpc) is 3.47. The molecular weight excluding hydrogens is 1010 g/mol. The first-order valence-corrected chi connectivity index (χ1v) is 35.9. The van der Waals surface area contributed by atoms with Gasteiger partial charge in [0.2, 0.25) is 0 Å². The smallest absolute Gasteiger partial charge is 0.306 e. The molecule has 0 aliphatic heterocycles. The van der Waals surface area contributed by atoms with Crippen LogP contribution < -0.4 is 0 Å². The standard InChI is InChI=1S/C76H136O6/c1-4-7-10-13-16-19-22-25-27-29-31-32-33-34-35-36-37-38-39-40-41-42-43-45-46-48-51-54-57-60-63-66-69-75(78)81-72-73(71-80-74(77)68-65-62-59-56-53-50-24-21-18-15-12-9-6-3)82-76(79)70-67-64-61-58-55-52-49-47-44-30-28-26-23-20-17-14-11-8-5-2/h8,11,17,20,26,28,44,47,52,55,61,64,73H,4-7,9-10,12-16,18-19,21-25,27,29-43,45-46,48-51,53-54,56-60,62-63,65-72H2,1-3H3/b11-8-,20-17-,28-26-,47-44-,55-52-,64-61-. The summed E-state index contributed by atoms with van der Waals surface area (Å²) in [4.78, 5) is 38.3. The Morgan fingerprint density at radius 1 is 0.256 bits per heavy atom. The molecule has 0 amide bonds. The maximum Gasteiger partial charge on any atom is 0.306 e. The normalized spacial score (nSPS) is 12.5. The number of carbonyl (C=O) groups is 3. The molecule has 6 nitrogen and oxygen atoms in total. The van der Waals surface area contributed by atoms with E-state index in [9.17, 15) is 14.4 Å². The van der Waals surface area contributed by atoms with Gasteiger partial charge in [-0.3, -0.25) is 14.4 Å². The summed E-state index contributed by atoms with van der Waals surface area (Å²) in [6.07, 6.45) is 92.6. The van der Waals surface area contributed by atoms with E-state index in [0.29, 0.717) is 19.3 Å². The van der Waals surface area contributed by atoms with Gasteiger partial charge in [-0.15, -0.1) is 0 Å². The Hall–Kier alpha value is -3.15. The lowest BCUT2D eigenvalue weighted by molar-refractivity contribution is -0.166. The Bertz CT molecular complexity index is 1500. The van der Waals surface area contributed by atoms with E-state index in [1.807, 2.05) is 6.08 Å². The van der Waals surface area contributed by atoms with E-state index in [1.165, 1.54) is 250 Å². The molecule has 0 fully saturated rings. The first-order chi connectivity index (χ1) is 40.5. The molecule has 0 N–H and O–H groups in total. The molecule has 0 radical (unpaired) electrons. The summed E-state index contributed by atoms with van der Waals surface area (Å²) in [6, 6.07) is 0. The number of esters is 3. The van der Waals surface area contributed by atoms with Gasteiger partial charge in [0, 0.05) is 19.3 Å². The molecule has 0 saturated carbocycles. The Morgan fingerprint density at radius 3 is 0.720 bits per heavy atom. The zero-order valence-corrected chi connectivity index (χ0v) is 54.8. The molecule has 0 aromatic heterocycles. The number of unbranched alkanes of at least 4 members (excludes halogenated alkanes) is 43. The van der Waals surface area contributed by atoms with Gasteiger partial charge >= 0.3 is 17.9 Å². The molecule has 0 spiro atoms. The number of hydrogen-bond donors (Lipinski definition) is 0. The summed E-state index contributed by atoms with van der Waals surface area (Å²) in [5.74, 6) is -0.966. The Balaban J connectivity index is 4.21. The number of carbonyl (C=O) groups excluding carboxylic acids is 3. The second kappa shape index (κ2) is 70.3. The molecule has 6 heteroatoms. The molecule has 0 aliphatic rings. The highest BCUT2D eigenvalue weighted by molar-refractivity contribution is 5.71. The van der Waals surface area contributed by atoms with E-state index in [0.717, 1.165) is 77.0 Å². The van der Waals surface area contributed by atoms with Gasteiger partial charge in [0.1, 0.15) is 13.2 Å². The molecule has 0 aromatic carbocycles. The molecule has 1 unspecified atom stereocenters. The van der Waals surface area contributed by atoms with Gasteiger partial charge in [-0.2, -0.15) is 0 Å². The summed E-state index contributed by atoms with van der Waals surface area (Å²) in [5, 5.41) is 0. The van der Waals surface area contributed by atoms with Gasteiger partial charge in [-0.25, -0.2) is 0 Å². The third-order valence-electron chi connectivity index (χ3n) is 16.0. The third-order valence-corrected chi connectivity index (χ3v) is 16.0. The fourth-order valence-electron chi connectivity index (χ4n) is 10.7. The van der Waals surface area contributed by atoms with Gasteiger partial charge in [0.25, 0.3) is 0 Å².